The van der Waals surface area contributed by atoms with Crippen LogP contribution in [0.15, 0.2) is 11.6 Å². The molecule has 2 nitrogen and oxygen atoms in total. The summed E-state index contributed by atoms with van der Waals surface area (Å²) in [7, 11) is -1.78. The molecule has 0 spiro atoms. The zero-order chi connectivity index (χ0) is 9.78. The van der Waals surface area contributed by atoms with Crippen molar-refractivity contribution in [3.63, 3.8) is 0 Å². The molecule has 0 rings (SSSR count). The van der Waals surface area contributed by atoms with Crippen molar-refractivity contribution in [1.82, 2.24) is 0 Å². The predicted octanol–water partition coefficient (Wildman–Crippen LogP) is 2.64. The maximum atomic E-state index is 11.1. The van der Waals surface area contributed by atoms with Crippen LogP contribution < -0.4 is 0 Å². The molecule has 0 fully saturated rings. The number of hydrogen-bond donors (Lipinski definition) is 0. The molecule has 0 amide bonds. The summed E-state index contributed by atoms with van der Waals surface area (Å²) >= 11 is 3.33. The molecule has 0 unspecified atom stereocenters. The standard InChI is InChI=1S/C8H15BrO2Si/c1-7(2)5-8(10)11-12(3,4)6-9/h5H,6H2,1-4H3. The Morgan fingerprint density at radius 1 is 1.50 bits per heavy atom. The molecule has 0 aliphatic carbocycles. The molecule has 0 saturated heterocycles. The van der Waals surface area contributed by atoms with Crippen LogP contribution in [0.1, 0.15) is 13.8 Å². The molecular weight excluding hydrogens is 236 g/mol. The molecule has 0 bridgehead atoms. The van der Waals surface area contributed by atoms with Crippen LogP contribution in [0, 0.1) is 0 Å². The second-order valence-corrected chi connectivity index (χ2v) is 9.21. The fourth-order valence-electron chi connectivity index (χ4n) is 0.565. The van der Waals surface area contributed by atoms with Crippen molar-refractivity contribution in [3.05, 3.63) is 11.6 Å². The van der Waals surface area contributed by atoms with Gasteiger partial charge in [-0.1, -0.05) is 21.5 Å². The van der Waals surface area contributed by atoms with Gasteiger partial charge < -0.3 is 4.43 Å². The Kier molecular flexibility index (Phi) is 4.78. The Bertz CT molecular complexity index is 195. The minimum absolute atomic E-state index is 0.217. The van der Waals surface area contributed by atoms with E-state index in [-0.39, 0.29) is 5.97 Å². The number of carbonyl (C=O) groups excluding carboxylic acids is 1. The van der Waals surface area contributed by atoms with Crippen LogP contribution in [0.4, 0.5) is 0 Å². The summed E-state index contributed by atoms with van der Waals surface area (Å²) in [6.45, 7) is 7.75. The van der Waals surface area contributed by atoms with Crippen LogP contribution in [0.2, 0.25) is 13.1 Å². The Hall–Kier alpha value is -0.0931. The van der Waals surface area contributed by atoms with Crippen LogP contribution in [-0.2, 0) is 9.22 Å². The van der Waals surface area contributed by atoms with Crippen LogP contribution >= 0.6 is 15.9 Å². The van der Waals surface area contributed by atoms with E-state index in [1.54, 1.807) is 0 Å². The lowest BCUT2D eigenvalue weighted by molar-refractivity contribution is -0.129. The van der Waals surface area contributed by atoms with Crippen molar-refractivity contribution >= 4 is 30.2 Å². The van der Waals surface area contributed by atoms with Gasteiger partial charge in [-0.05, 0) is 26.9 Å². The van der Waals surface area contributed by atoms with Gasteiger partial charge in [0.25, 0.3) is 8.32 Å². The first kappa shape index (κ1) is 11.9. The molecule has 0 aliphatic rings. The largest absolute Gasteiger partial charge is 0.516 e. The first-order chi connectivity index (χ1) is 5.37. The Morgan fingerprint density at radius 3 is 2.33 bits per heavy atom. The van der Waals surface area contributed by atoms with Gasteiger partial charge in [0.05, 0.1) is 0 Å². The van der Waals surface area contributed by atoms with E-state index in [4.69, 9.17) is 4.43 Å². The van der Waals surface area contributed by atoms with Gasteiger partial charge in [-0.3, -0.25) is 0 Å². The van der Waals surface area contributed by atoms with E-state index < -0.39 is 8.32 Å². The van der Waals surface area contributed by atoms with Gasteiger partial charge in [0.2, 0.25) is 0 Å². The highest BCUT2D eigenvalue weighted by Gasteiger charge is 2.24. The van der Waals surface area contributed by atoms with E-state index >= 15 is 0 Å². The van der Waals surface area contributed by atoms with Crippen molar-refractivity contribution < 1.29 is 9.22 Å². The van der Waals surface area contributed by atoms with Crippen molar-refractivity contribution in [2.45, 2.75) is 26.9 Å². The zero-order valence-corrected chi connectivity index (χ0v) is 10.6. The number of hydrogen-bond acceptors (Lipinski definition) is 2. The first-order valence-corrected chi connectivity index (χ1v) is 8.05. The fraction of sp³-hybridized carbons (Fsp3) is 0.625. The molecule has 12 heavy (non-hydrogen) atoms. The highest BCUT2D eigenvalue weighted by molar-refractivity contribution is 9.09. The SMILES string of the molecule is CC(C)=CC(=O)O[Si](C)(C)CBr. The summed E-state index contributed by atoms with van der Waals surface area (Å²) in [6, 6.07) is 0. The highest BCUT2D eigenvalue weighted by Crippen LogP contribution is 2.08. The Morgan fingerprint density at radius 2 is 2.00 bits per heavy atom. The van der Waals surface area contributed by atoms with E-state index in [0.717, 1.165) is 10.5 Å². The van der Waals surface area contributed by atoms with Crippen molar-refractivity contribution in [3.8, 4) is 0 Å². The van der Waals surface area contributed by atoms with Crippen LogP contribution in [0.5, 0.6) is 0 Å². The summed E-state index contributed by atoms with van der Waals surface area (Å²) in [5, 5.41) is 0. The average molecular weight is 251 g/mol. The molecule has 0 saturated carbocycles. The third-order valence-corrected chi connectivity index (χ3v) is 6.55. The monoisotopic (exact) mass is 250 g/mol. The summed E-state index contributed by atoms with van der Waals surface area (Å²) in [5.74, 6) is -0.217. The molecule has 0 aromatic carbocycles. The summed E-state index contributed by atoms with van der Waals surface area (Å²) in [6.07, 6.45) is 1.53. The van der Waals surface area contributed by atoms with E-state index in [1.165, 1.54) is 6.08 Å². The second-order valence-electron chi connectivity index (χ2n) is 3.54. The molecule has 4 heteroatoms. The van der Waals surface area contributed by atoms with Crippen LogP contribution in [0.25, 0.3) is 0 Å². The number of rotatable bonds is 3. The molecule has 0 aliphatic heterocycles. The lowest BCUT2D eigenvalue weighted by Gasteiger charge is -2.18. The Balaban J connectivity index is 4.10. The topological polar surface area (TPSA) is 26.3 Å². The van der Waals surface area contributed by atoms with Gasteiger partial charge in [-0.2, -0.15) is 0 Å². The van der Waals surface area contributed by atoms with Gasteiger partial charge in [0, 0.05) is 11.0 Å². The number of carbonyl (C=O) groups is 1. The molecule has 0 radical (unpaired) electrons. The second kappa shape index (κ2) is 4.82. The molecule has 0 N–H and O–H groups in total. The average Bonchev–Trinajstić information content (AvgIpc) is 1.84. The third-order valence-electron chi connectivity index (χ3n) is 1.11. The number of alkyl halides is 1. The molecule has 70 valence electrons. The number of halogens is 1. The van der Waals surface area contributed by atoms with E-state index in [2.05, 4.69) is 15.9 Å². The van der Waals surface area contributed by atoms with Crippen molar-refractivity contribution in [1.29, 1.82) is 0 Å². The highest BCUT2D eigenvalue weighted by atomic mass is 79.9. The van der Waals surface area contributed by atoms with Gasteiger partial charge in [-0.15, -0.1) is 0 Å². The van der Waals surface area contributed by atoms with Crippen LogP contribution in [0.3, 0.4) is 0 Å². The van der Waals surface area contributed by atoms with Gasteiger partial charge >= 0.3 is 5.97 Å². The van der Waals surface area contributed by atoms with E-state index in [9.17, 15) is 4.79 Å². The third kappa shape index (κ3) is 5.54. The summed E-state index contributed by atoms with van der Waals surface area (Å²) in [4.78, 5) is 11.9. The molecular formula is C8H15BrO2Si. The maximum Gasteiger partial charge on any atom is 0.317 e. The lowest BCUT2D eigenvalue weighted by Crippen LogP contribution is -2.35. The van der Waals surface area contributed by atoms with Gasteiger partial charge in [0.15, 0.2) is 0 Å². The zero-order valence-electron chi connectivity index (χ0n) is 7.98. The molecule has 0 atom stereocenters. The van der Waals surface area contributed by atoms with Crippen LogP contribution in [-0.4, -0.2) is 19.2 Å². The smallest absolute Gasteiger partial charge is 0.317 e. The predicted molar refractivity (Wildman–Crippen MR) is 56.8 cm³/mol. The molecule has 0 aromatic heterocycles. The summed E-state index contributed by atoms with van der Waals surface area (Å²) < 4.78 is 5.27. The lowest BCUT2D eigenvalue weighted by atomic mass is 10.3. The van der Waals surface area contributed by atoms with E-state index in [0.29, 0.717) is 0 Å². The minimum atomic E-state index is -1.78. The first-order valence-electron chi connectivity index (χ1n) is 3.81. The number of allylic oxidation sites excluding steroid dienone is 1. The minimum Gasteiger partial charge on any atom is -0.516 e. The van der Waals surface area contributed by atoms with Crippen molar-refractivity contribution in [2.75, 3.05) is 4.95 Å². The fourth-order valence-corrected chi connectivity index (χ4v) is 1.57. The summed E-state index contributed by atoms with van der Waals surface area (Å²) in [5.41, 5.74) is 0.972. The molecule has 0 aromatic rings. The maximum absolute atomic E-state index is 11.1. The quantitative estimate of drug-likeness (QED) is 0.438. The molecule has 0 heterocycles. The normalized spacial score (nSPS) is 10.8. The van der Waals surface area contributed by atoms with Gasteiger partial charge in [0.1, 0.15) is 0 Å². The Labute approximate surface area is 83.3 Å². The van der Waals surface area contributed by atoms with Gasteiger partial charge in [-0.25, -0.2) is 4.79 Å². The van der Waals surface area contributed by atoms with E-state index in [1.807, 2.05) is 26.9 Å². The van der Waals surface area contributed by atoms with Crippen molar-refractivity contribution in [2.24, 2.45) is 0 Å².